The van der Waals surface area contributed by atoms with Crippen LogP contribution in [-0.4, -0.2) is 36.0 Å². The Morgan fingerprint density at radius 3 is 2.90 bits per heavy atom. The summed E-state index contributed by atoms with van der Waals surface area (Å²) in [4.78, 5) is 12.6. The third-order valence-corrected chi connectivity index (χ3v) is 5.76. The Morgan fingerprint density at radius 1 is 1.38 bits per heavy atom. The maximum atomic E-state index is 12.6. The highest BCUT2D eigenvalue weighted by atomic mass is 32.2. The molecule has 1 aromatic rings. The zero-order valence-electron chi connectivity index (χ0n) is 12.4. The molecule has 3 rings (SSSR count). The second-order valence-electron chi connectivity index (χ2n) is 5.61. The van der Waals surface area contributed by atoms with Crippen LogP contribution in [0.2, 0.25) is 0 Å². The van der Waals surface area contributed by atoms with Crippen molar-refractivity contribution < 1.29 is 9.53 Å². The van der Waals surface area contributed by atoms with Gasteiger partial charge in [0.1, 0.15) is 0 Å². The Labute approximate surface area is 129 Å². The molecule has 1 aliphatic carbocycles. The summed E-state index contributed by atoms with van der Waals surface area (Å²) in [6, 6.07) is 4.02. The number of thioether (sulfide) groups is 1. The number of nitrogens with zero attached hydrogens (tertiary/aromatic N) is 1. The van der Waals surface area contributed by atoms with E-state index in [-0.39, 0.29) is 5.91 Å². The van der Waals surface area contributed by atoms with Crippen molar-refractivity contribution in [1.82, 2.24) is 9.88 Å². The van der Waals surface area contributed by atoms with Crippen LogP contribution >= 0.6 is 11.8 Å². The molecule has 0 spiro atoms. The maximum Gasteiger partial charge on any atom is 0.250 e. The minimum atomic E-state index is 0.0812. The molecule has 5 heteroatoms. The van der Waals surface area contributed by atoms with Crippen LogP contribution in [0, 0.1) is 5.92 Å². The minimum absolute atomic E-state index is 0.0812. The van der Waals surface area contributed by atoms with E-state index in [1.165, 1.54) is 19.3 Å². The van der Waals surface area contributed by atoms with E-state index < -0.39 is 0 Å². The summed E-state index contributed by atoms with van der Waals surface area (Å²) in [7, 11) is 1.65. The van der Waals surface area contributed by atoms with Gasteiger partial charge in [-0.2, -0.15) is 0 Å². The van der Waals surface area contributed by atoms with Gasteiger partial charge in [-0.1, -0.05) is 12.8 Å². The standard InChI is InChI=1S/C16H22N2O2S/c1-20-11-8-17-15(19)14-12-6-2-3-7-13(12)21-16(14)18-9-4-5-10-18/h4-5,9-10,12-13H,2-3,6-8,11H2,1H3,(H,17,19)/t12-,13-/m0/s1. The molecule has 1 aliphatic heterocycles. The Bertz CT molecular complexity index is 524. The molecule has 1 amide bonds. The SMILES string of the molecule is COCCNC(=O)C1=C(n2cccc2)S[C@H]2CCCC[C@H]12. The van der Waals surface area contributed by atoms with Gasteiger partial charge in [-0.3, -0.25) is 4.79 Å². The summed E-state index contributed by atoms with van der Waals surface area (Å²) in [6.45, 7) is 1.12. The molecule has 0 unspecified atom stereocenters. The van der Waals surface area contributed by atoms with Crippen molar-refractivity contribution in [2.75, 3.05) is 20.3 Å². The summed E-state index contributed by atoms with van der Waals surface area (Å²) in [5, 5.41) is 4.69. The van der Waals surface area contributed by atoms with Crippen molar-refractivity contribution in [3.63, 3.8) is 0 Å². The van der Waals surface area contributed by atoms with Gasteiger partial charge in [-0.15, -0.1) is 11.8 Å². The normalized spacial score (nSPS) is 25.0. The molecule has 1 fully saturated rings. The van der Waals surface area contributed by atoms with E-state index >= 15 is 0 Å². The number of rotatable bonds is 5. The number of hydrogen-bond donors (Lipinski definition) is 1. The number of nitrogens with one attached hydrogen (secondary N) is 1. The smallest absolute Gasteiger partial charge is 0.250 e. The first-order valence-corrected chi connectivity index (χ1v) is 8.50. The first-order chi connectivity index (χ1) is 10.3. The molecule has 1 saturated carbocycles. The Morgan fingerprint density at radius 2 is 2.14 bits per heavy atom. The largest absolute Gasteiger partial charge is 0.383 e. The predicted molar refractivity (Wildman–Crippen MR) is 85.9 cm³/mol. The van der Waals surface area contributed by atoms with Gasteiger partial charge in [0.25, 0.3) is 0 Å². The molecule has 4 nitrogen and oxygen atoms in total. The predicted octanol–water partition coefficient (Wildman–Crippen LogP) is 2.72. The van der Waals surface area contributed by atoms with Crippen LogP contribution in [0.5, 0.6) is 0 Å². The van der Waals surface area contributed by atoms with Gasteiger partial charge in [0.2, 0.25) is 5.91 Å². The lowest BCUT2D eigenvalue weighted by Crippen LogP contribution is -2.33. The highest BCUT2D eigenvalue weighted by molar-refractivity contribution is 8.08. The summed E-state index contributed by atoms with van der Waals surface area (Å²) in [5.41, 5.74) is 0.983. The van der Waals surface area contributed by atoms with Crippen LogP contribution in [0.1, 0.15) is 25.7 Å². The molecule has 2 aliphatic rings. The topological polar surface area (TPSA) is 43.3 Å². The zero-order chi connectivity index (χ0) is 14.7. The Hall–Kier alpha value is -1.20. The van der Waals surface area contributed by atoms with E-state index in [2.05, 4.69) is 9.88 Å². The fourth-order valence-electron chi connectivity index (χ4n) is 3.23. The lowest BCUT2D eigenvalue weighted by molar-refractivity contribution is -0.118. The molecule has 114 valence electrons. The van der Waals surface area contributed by atoms with Gasteiger partial charge in [-0.25, -0.2) is 0 Å². The van der Waals surface area contributed by atoms with Crippen LogP contribution < -0.4 is 5.32 Å². The van der Waals surface area contributed by atoms with Gasteiger partial charge in [0, 0.05) is 37.2 Å². The molecule has 2 heterocycles. The summed E-state index contributed by atoms with van der Waals surface area (Å²) < 4.78 is 7.11. The Balaban J connectivity index is 1.85. The van der Waals surface area contributed by atoms with Crippen LogP contribution in [-0.2, 0) is 9.53 Å². The first-order valence-electron chi connectivity index (χ1n) is 7.62. The minimum Gasteiger partial charge on any atom is -0.383 e. The number of hydrogen-bond acceptors (Lipinski definition) is 3. The van der Waals surface area contributed by atoms with E-state index in [4.69, 9.17) is 4.74 Å². The number of methoxy groups -OCH3 is 1. The van der Waals surface area contributed by atoms with Gasteiger partial charge in [0.15, 0.2) is 0 Å². The fraction of sp³-hybridized carbons (Fsp3) is 0.562. The van der Waals surface area contributed by atoms with E-state index in [0.717, 1.165) is 17.0 Å². The molecular weight excluding hydrogens is 284 g/mol. The van der Waals surface area contributed by atoms with Gasteiger partial charge in [-0.05, 0) is 25.0 Å². The van der Waals surface area contributed by atoms with Gasteiger partial charge in [0.05, 0.1) is 17.2 Å². The zero-order valence-corrected chi connectivity index (χ0v) is 13.2. The van der Waals surface area contributed by atoms with Crippen molar-refractivity contribution in [1.29, 1.82) is 0 Å². The molecule has 0 radical (unpaired) electrons. The molecule has 0 aromatic carbocycles. The van der Waals surface area contributed by atoms with Crippen molar-refractivity contribution in [2.24, 2.45) is 5.92 Å². The highest BCUT2D eigenvalue weighted by Gasteiger charge is 2.40. The third kappa shape index (κ3) is 3.04. The number of carbonyl (C=O) groups excluding carboxylic acids is 1. The summed E-state index contributed by atoms with van der Waals surface area (Å²) >= 11 is 1.88. The number of carbonyl (C=O) groups is 1. The lowest BCUT2D eigenvalue weighted by Gasteiger charge is -2.25. The second kappa shape index (κ2) is 6.71. The monoisotopic (exact) mass is 306 g/mol. The quantitative estimate of drug-likeness (QED) is 0.851. The highest BCUT2D eigenvalue weighted by Crippen LogP contribution is 2.50. The summed E-state index contributed by atoms with van der Waals surface area (Å²) in [5.74, 6) is 0.487. The molecule has 2 atom stereocenters. The van der Waals surface area contributed by atoms with Crippen LogP contribution in [0.15, 0.2) is 30.1 Å². The van der Waals surface area contributed by atoms with Crippen molar-refractivity contribution in [2.45, 2.75) is 30.9 Å². The van der Waals surface area contributed by atoms with E-state index in [1.54, 1.807) is 7.11 Å². The van der Waals surface area contributed by atoms with Crippen molar-refractivity contribution in [3.8, 4) is 0 Å². The van der Waals surface area contributed by atoms with E-state index in [9.17, 15) is 4.79 Å². The maximum absolute atomic E-state index is 12.6. The van der Waals surface area contributed by atoms with Crippen LogP contribution in [0.4, 0.5) is 0 Å². The number of aromatic nitrogens is 1. The van der Waals surface area contributed by atoms with Crippen molar-refractivity contribution >= 4 is 22.7 Å². The molecule has 1 aromatic heterocycles. The van der Waals surface area contributed by atoms with E-state index in [0.29, 0.717) is 24.3 Å². The average Bonchev–Trinajstić information content (AvgIpc) is 3.14. The molecule has 1 N–H and O–H groups in total. The molecule has 0 bridgehead atoms. The molecule has 21 heavy (non-hydrogen) atoms. The Kier molecular flexibility index (Phi) is 4.70. The average molecular weight is 306 g/mol. The molecular formula is C16H22N2O2S. The second-order valence-corrected chi connectivity index (χ2v) is 6.83. The van der Waals surface area contributed by atoms with Crippen LogP contribution in [0.25, 0.3) is 5.03 Å². The number of amides is 1. The number of ether oxygens (including phenoxy) is 1. The fourth-order valence-corrected chi connectivity index (χ4v) is 4.85. The van der Waals surface area contributed by atoms with Gasteiger partial charge < -0.3 is 14.6 Å². The first kappa shape index (κ1) is 14.7. The molecule has 0 saturated heterocycles. The van der Waals surface area contributed by atoms with Gasteiger partial charge >= 0.3 is 0 Å². The number of fused-ring (bicyclic) bond motifs is 1. The van der Waals surface area contributed by atoms with Crippen molar-refractivity contribution in [3.05, 3.63) is 30.1 Å². The van der Waals surface area contributed by atoms with E-state index in [1.807, 2.05) is 36.3 Å². The third-order valence-electron chi connectivity index (χ3n) is 4.24. The lowest BCUT2D eigenvalue weighted by atomic mass is 9.83. The summed E-state index contributed by atoms with van der Waals surface area (Å²) in [6.07, 6.45) is 8.93. The van der Waals surface area contributed by atoms with Crippen LogP contribution in [0.3, 0.4) is 0 Å².